The van der Waals surface area contributed by atoms with Gasteiger partial charge in [0.05, 0.1) is 18.2 Å². The summed E-state index contributed by atoms with van der Waals surface area (Å²) in [7, 11) is 1.28. The van der Waals surface area contributed by atoms with Gasteiger partial charge in [-0.3, -0.25) is 5.10 Å². The Labute approximate surface area is 123 Å². The second kappa shape index (κ2) is 5.21. The molecular formula is C14H11F3N4O. The molecule has 3 aromatic rings. The summed E-state index contributed by atoms with van der Waals surface area (Å²) in [5.41, 5.74) is -0.0716. The number of hydrogen-bond acceptors (Lipinski definition) is 4. The molecule has 0 saturated heterocycles. The average Bonchev–Trinajstić information content (AvgIpc) is 2.90. The van der Waals surface area contributed by atoms with Gasteiger partial charge in [0, 0.05) is 11.6 Å². The van der Waals surface area contributed by atoms with Crippen LogP contribution in [0.15, 0.2) is 36.5 Å². The summed E-state index contributed by atoms with van der Waals surface area (Å²) in [5.74, 6) is 0.607. The van der Waals surface area contributed by atoms with E-state index in [0.29, 0.717) is 5.82 Å². The molecule has 5 nitrogen and oxygen atoms in total. The molecule has 2 heterocycles. The predicted molar refractivity (Wildman–Crippen MR) is 75.2 cm³/mol. The van der Waals surface area contributed by atoms with Crippen LogP contribution in [0.25, 0.3) is 10.9 Å². The fraction of sp³-hybridized carbons (Fsp3) is 0.143. The lowest BCUT2D eigenvalue weighted by Gasteiger charge is -2.12. The number of aromatic amines is 1. The number of pyridine rings is 1. The Kier molecular flexibility index (Phi) is 3.36. The van der Waals surface area contributed by atoms with Crippen LogP contribution in [-0.4, -0.2) is 22.3 Å². The van der Waals surface area contributed by atoms with E-state index >= 15 is 0 Å². The monoisotopic (exact) mass is 308 g/mol. The van der Waals surface area contributed by atoms with Gasteiger partial charge >= 0.3 is 6.18 Å². The van der Waals surface area contributed by atoms with E-state index in [1.165, 1.54) is 7.11 Å². The zero-order valence-corrected chi connectivity index (χ0v) is 11.4. The first-order chi connectivity index (χ1) is 10.5. The fourth-order valence-corrected chi connectivity index (χ4v) is 2.02. The van der Waals surface area contributed by atoms with Crippen molar-refractivity contribution in [1.29, 1.82) is 0 Å². The number of aromatic nitrogens is 3. The van der Waals surface area contributed by atoms with E-state index < -0.39 is 11.7 Å². The Bertz CT molecular complexity index is 813. The Morgan fingerprint density at radius 2 is 1.95 bits per heavy atom. The molecule has 1 aromatic carbocycles. The highest BCUT2D eigenvalue weighted by Crippen LogP contribution is 2.35. The molecule has 0 aliphatic heterocycles. The first-order valence-corrected chi connectivity index (χ1v) is 6.30. The third-order valence-electron chi connectivity index (χ3n) is 3.11. The van der Waals surface area contributed by atoms with E-state index in [1.54, 1.807) is 0 Å². The number of halogens is 3. The summed E-state index contributed by atoms with van der Waals surface area (Å²) in [5, 5.41) is 10.6. The number of para-hydroxylation sites is 1. The van der Waals surface area contributed by atoms with Gasteiger partial charge in [-0.05, 0) is 18.2 Å². The number of anilines is 2. The number of methoxy groups -OCH3 is 1. The van der Waals surface area contributed by atoms with Crippen LogP contribution in [0.5, 0.6) is 5.75 Å². The van der Waals surface area contributed by atoms with Gasteiger partial charge in [-0.1, -0.05) is 12.1 Å². The van der Waals surface area contributed by atoms with Gasteiger partial charge in [0.2, 0.25) is 0 Å². The molecular weight excluding hydrogens is 297 g/mol. The second-order valence-electron chi connectivity index (χ2n) is 4.52. The maximum absolute atomic E-state index is 12.7. The maximum Gasteiger partial charge on any atom is 0.418 e. The molecule has 0 aliphatic carbocycles. The smallest absolute Gasteiger partial charge is 0.418 e. The molecule has 2 N–H and O–H groups in total. The lowest BCUT2D eigenvalue weighted by atomic mass is 10.2. The second-order valence-corrected chi connectivity index (χ2v) is 4.52. The molecule has 0 radical (unpaired) electrons. The van der Waals surface area contributed by atoms with Gasteiger partial charge in [-0.25, -0.2) is 4.98 Å². The van der Waals surface area contributed by atoms with E-state index in [1.807, 2.05) is 24.3 Å². The normalized spacial score (nSPS) is 11.6. The van der Waals surface area contributed by atoms with Crippen molar-refractivity contribution in [2.75, 3.05) is 12.4 Å². The summed E-state index contributed by atoms with van der Waals surface area (Å²) in [4.78, 5) is 3.79. The minimum Gasteiger partial charge on any atom is -0.493 e. The zero-order valence-electron chi connectivity index (χ0n) is 11.4. The van der Waals surface area contributed by atoms with Crippen molar-refractivity contribution in [3.05, 3.63) is 42.1 Å². The molecule has 2 aromatic heterocycles. The van der Waals surface area contributed by atoms with E-state index in [2.05, 4.69) is 20.5 Å². The fourth-order valence-electron chi connectivity index (χ4n) is 2.02. The standard InChI is InChI=1S/C14H11F3N4O/c1-22-11-6-8(14(15,16)17)7-18-13(11)19-12-9-4-2-3-5-10(9)20-21-12/h2-7H,1H3,(H2,18,19,20,21). The van der Waals surface area contributed by atoms with Crippen molar-refractivity contribution in [3.63, 3.8) is 0 Å². The summed E-state index contributed by atoms with van der Waals surface area (Å²) >= 11 is 0. The van der Waals surface area contributed by atoms with Gasteiger partial charge < -0.3 is 10.1 Å². The van der Waals surface area contributed by atoms with Gasteiger partial charge in [-0.15, -0.1) is 0 Å². The molecule has 0 saturated carbocycles. The Morgan fingerprint density at radius 1 is 1.18 bits per heavy atom. The number of alkyl halides is 3. The van der Waals surface area contributed by atoms with Crippen molar-refractivity contribution in [2.24, 2.45) is 0 Å². The average molecular weight is 308 g/mol. The van der Waals surface area contributed by atoms with Crippen molar-refractivity contribution in [3.8, 4) is 5.75 Å². The Morgan fingerprint density at radius 3 is 2.68 bits per heavy atom. The van der Waals surface area contributed by atoms with Crippen LogP contribution < -0.4 is 10.1 Å². The summed E-state index contributed by atoms with van der Waals surface area (Å²) < 4.78 is 43.0. The van der Waals surface area contributed by atoms with Crippen molar-refractivity contribution in [2.45, 2.75) is 6.18 Å². The van der Waals surface area contributed by atoms with Crippen molar-refractivity contribution in [1.82, 2.24) is 15.2 Å². The lowest BCUT2D eigenvalue weighted by molar-refractivity contribution is -0.137. The maximum atomic E-state index is 12.7. The van der Waals surface area contributed by atoms with Crippen LogP contribution >= 0.6 is 0 Å². The highest BCUT2D eigenvalue weighted by Gasteiger charge is 2.32. The largest absolute Gasteiger partial charge is 0.493 e. The molecule has 22 heavy (non-hydrogen) atoms. The van der Waals surface area contributed by atoms with Gasteiger partial charge in [0.15, 0.2) is 17.4 Å². The van der Waals surface area contributed by atoms with Gasteiger partial charge in [0.1, 0.15) is 0 Å². The first kappa shape index (κ1) is 14.2. The molecule has 0 amide bonds. The summed E-state index contributed by atoms with van der Waals surface area (Å²) in [6, 6.07) is 8.24. The minimum atomic E-state index is -4.47. The third kappa shape index (κ3) is 2.54. The number of rotatable bonds is 3. The molecule has 8 heteroatoms. The molecule has 114 valence electrons. The molecule has 0 bridgehead atoms. The Balaban J connectivity index is 1.98. The van der Waals surface area contributed by atoms with Crippen LogP contribution in [0.4, 0.5) is 24.8 Å². The number of fused-ring (bicyclic) bond motifs is 1. The van der Waals surface area contributed by atoms with Crippen LogP contribution in [0, 0.1) is 0 Å². The summed E-state index contributed by atoms with van der Waals surface area (Å²) in [6.07, 6.45) is -3.72. The summed E-state index contributed by atoms with van der Waals surface area (Å²) in [6.45, 7) is 0. The quantitative estimate of drug-likeness (QED) is 0.774. The molecule has 3 rings (SSSR count). The van der Waals surface area contributed by atoms with Crippen LogP contribution in [0.2, 0.25) is 0 Å². The molecule has 0 atom stereocenters. The number of nitrogens with zero attached hydrogens (tertiary/aromatic N) is 2. The number of hydrogen-bond donors (Lipinski definition) is 2. The van der Waals surface area contributed by atoms with Gasteiger partial charge in [-0.2, -0.15) is 18.3 Å². The molecule has 0 fully saturated rings. The number of H-pyrrole nitrogens is 1. The first-order valence-electron chi connectivity index (χ1n) is 6.30. The van der Waals surface area contributed by atoms with Crippen molar-refractivity contribution >= 4 is 22.5 Å². The number of benzene rings is 1. The highest BCUT2D eigenvalue weighted by molar-refractivity contribution is 5.91. The topological polar surface area (TPSA) is 62.8 Å². The number of nitrogens with one attached hydrogen (secondary N) is 2. The van der Waals surface area contributed by atoms with E-state index in [9.17, 15) is 13.2 Å². The van der Waals surface area contributed by atoms with E-state index in [0.717, 1.165) is 23.2 Å². The SMILES string of the molecule is COc1cc(C(F)(F)F)cnc1Nc1n[nH]c2ccccc12. The van der Waals surface area contributed by atoms with Crippen LogP contribution in [0.1, 0.15) is 5.56 Å². The van der Waals surface area contributed by atoms with Crippen LogP contribution in [-0.2, 0) is 6.18 Å². The third-order valence-corrected chi connectivity index (χ3v) is 3.11. The minimum absolute atomic E-state index is 0.0121. The van der Waals surface area contributed by atoms with E-state index in [4.69, 9.17) is 4.74 Å². The predicted octanol–water partition coefficient (Wildman–Crippen LogP) is 3.73. The zero-order chi connectivity index (χ0) is 15.7. The van der Waals surface area contributed by atoms with Gasteiger partial charge in [0.25, 0.3) is 0 Å². The highest BCUT2D eigenvalue weighted by atomic mass is 19.4. The molecule has 0 unspecified atom stereocenters. The van der Waals surface area contributed by atoms with Crippen LogP contribution in [0.3, 0.4) is 0 Å². The van der Waals surface area contributed by atoms with E-state index in [-0.39, 0.29) is 11.6 Å². The molecule has 0 spiro atoms. The van der Waals surface area contributed by atoms with Crippen molar-refractivity contribution < 1.29 is 17.9 Å². The lowest BCUT2D eigenvalue weighted by Crippen LogP contribution is -2.07. The number of ether oxygens (including phenoxy) is 1. The molecule has 0 aliphatic rings. The Hall–Kier alpha value is -2.77.